The molecule has 0 N–H and O–H groups in total. The van der Waals surface area contributed by atoms with E-state index in [1.54, 1.807) is 0 Å². The van der Waals surface area contributed by atoms with Gasteiger partial charge in [0, 0.05) is 11.4 Å². The molecule has 1 aromatic carbocycles. The van der Waals surface area contributed by atoms with Crippen LogP contribution in [0, 0.1) is 5.92 Å². The van der Waals surface area contributed by atoms with Gasteiger partial charge < -0.3 is 4.74 Å². The van der Waals surface area contributed by atoms with Crippen molar-refractivity contribution in [2.45, 2.75) is 31.8 Å². The lowest BCUT2D eigenvalue weighted by molar-refractivity contribution is -0.150. The number of ether oxygens (including phenoxy) is 1. The third kappa shape index (κ3) is 3.24. The Bertz CT molecular complexity index is 668. The normalized spacial score (nSPS) is 26.5. The van der Waals surface area contributed by atoms with Gasteiger partial charge in [0.1, 0.15) is 6.10 Å². The van der Waals surface area contributed by atoms with Crippen LogP contribution >= 0.6 is 11.6 Å². The van der Waals surface area contributed by atoms with Crippen LogP contribution in [0.4, 0.5) is 0 Å². The van der Waals surface area contributed by atoms with E-state index >= 15 is 0 Å². The molecular formula is C15H17ClO4S. The Morgan fingerprint density at radius 1 is 1.33 bits per heavy atom. The topological polar surface area (TPSA) is 60.4 Å². The van der Waals surface area contributed by atoms with Gasteiger partial charge in [-0.3, -0.25) is 4.79 Å². The number of halogens is 1. The fraction of sp³-hybridized carbons (Fsp3) is 0.533. The summed E-state index contributed by atoms with van der Waals surface area (Å²) in [6.07, 6.45) is 2.05. The van der Waals surface area contributed by atoms with Gasteiger partial charge in [-0.05, 0) is 42.4 Å². The zero-order valence-corrected chi connectivity index (χ0v) is 13.1. The lowest BCUT2D eigenvalue weighted by Gasteiger charge is -2.15. The Labute approximate surface area is 129 Å². The highest BCUT2D eigenvalue weighted by molar-refractivity contribution is 7.91. The number of esters is 1. The second kappa shape index (κ2) is 5.61. The van der Waals surface area contributed by atoms with E-state index in [2.05, 4.69) is 0 Å². The Balaban J connectivity index is 1.61. The monoisotopic (exact) mass is 328 g/mol. The van der Waals surface area contributed by atoms with E-state index in [9.17, 15) is 13.2 Å². The van der Waals surface area contributed by atoms with Gasteiger partial charge in [-0.2, -0.15) is 0 Å². The van der Waals surface area contributed by atoms with E-state index < -0.39 is 9.84 Å². The summed E-state index contributed by atoms with van der Waals surface area (Å²) in [6.45, 7) is 0. The first-order valence-corrected chi connectivity index (χ1v) is 9.32. The van der Waals surface area contributed by atoms with Crippen molar-refractivity contribution in [1.82, 2.24) is 0 Å². The maximum Gasteiger partial charge on any atom is 0.306 e. The number of carbonyl (C=O) groups excluding carboxylic acids is 1. The molecule has 21 heavy (non-hydrogen) atoms. The van der Waals surface area contributed by atoms with E-state index in [0.717, 1.165) is 24.0 Å². The molecule has 0 radical (unpaired) electrons. The van der Waals surface area contributed by atoms with Crippen LogP contribution < -0.4 is 0 Å². The van der Waals surface area contributed by atoms with Crippen LogP contribution in [0.1, 0.15) is 36.5 Å². The molecule has 0 aromatic heterocycles. The summed E-state index contributed by atoms with van der Waals surface area (Å²) in [6, 6.07) is 5.64. The molecule has 4 nitrogen and oxygen atoms in total. The van der Waals surface area contributed by atoms with Gasteiger partial charge >= 0.3 is 5.97 Å². The van der Waals surface area contributed by atoms with E-state index in [1.807, 2.05) is 18.2 Å². The van der Waals surface area contributed by atoms with Gasteiger partial charge in [0.05, 0.1) is 11.5 Å². The highest BCUT2D eigenvalue weighted by Gasteiger charge is 2.32. The van der Waals surface area contributed by atoms with Crippen LogP contribution in [0.15, 0.2) is 18.2 Å². The average Bonchev–Trinajstić information content (AvgIpc) is 2.95. The number of fused-ring (bicyclic) bond motifs is 1. The molecule has 1 aliphatic carbocycles. The fourth-order valence-corrected chi connectivity index (χ4v) is 5.31. The van der Waals surface area contributed by atoms with Crippen molar-refractivity contribution >= 4 is 27.4 Å². The summed E-state index contributed by atoms with van der Waals surface area (Å²) in [5.74, 6) is -0.111. The molecule has 114 valence electrons. The Morgan fingerprint density at radius 3 is 2.86 bits per heavy atom. The summed E-state index contributed by atoms with van der Waals surface area (Å²) in [4.78, 5) is 12.0. The maximum absolute atomic E-state index is 12.0. The minimum absolute atomic E-state index is 0.0947. The van der Waals surface area contributed by atoms with Crippen molar-refractivity contribution in [1.29, 1.82) is 0 Å². The molecule has 1 aromatic rings. The molecule has 0 amide bonds. The summed E-state index contributed by atoms with van der Waals surface area (Å²) in [5, 5.41) is 0.716. The highest BCUT2D eigenvalue weighted by Crippen LogP contribution is 2.38. The number of rotatable bonds is 3. The molecular weight excluding hydrogens is 312 g/mol. The van der Waals surface area contributed by atoms with Crippen LogP contribution in [-0.2, 0) is 25.8 Å². The zero-order valence-electron chi connectivity index (χ0n) is 11.5. The third-order valence-corrected chi connectivity index (χ3v) is 6.41. The summed E-state index contributed by atoms with van der Waals surface area (Å²) < 4.78 is 28.3. The molecule has 0 spiro atoms. The average molecular weight is 329 g/mol. The second-order valence-corrected chi connectivity index (χ2v) is 8.43. The minimum Gasteiger partial charge on any atom is -0.457 e. The van der Waals surface area contributed by atoms with E-state index in [0.29, 0.717) is 11.4 Å². The predicted molar refractivity (Wildman–Crippen MR) is 80.0 cm³/mol. The molecule has 1 fully saturated rings. The lowest BCUT2D eigenvalue weighted by atomic mass is 10.1. The van der Waals surface area contributed by atoms with Crippen molar-refractivity contribution in [2.24, 2.45) is 5.92 Å². The van der Waals surface area contributed by atoms with Gasteiger partial charge in [-0.25, -0.2) is 8.42 Å². The van der Waals surface area contributed by atoms with Gasteiger partial charge in [0.2, 0.25) is 0 Å². The molecule has 0 saturated carbocycles. The number of sulfone groups is 1. The maximum atomic E-state index is 12.0. The van der Waals surface area contributed by atoms with Gasteiger partial charge in [0.15, 0.2) is 9.84 Å². The van der Waals surface area contributed by atoms with Gasteiger partial charge in [-0.1, -0.05) is 23.7 Å². The molecule has 2 atom stereocenters. The molecule has 2 aliphatic rings. The smallest absolute Gasteiger partial charge is 0.306 e. The summed E-state index contributed by atoms with van der Waals surface area (Å²) in [7, 11) is -2.95. The molecule has 1 aliphatic heterocycles. The predicted octanol–water partition coefficient (Wildman–Crippen LogP) is 2.70. The first-order valence-electron chi connectivity index (χ1n) is 7.12. The number of carbonyl (C=O) groups is 1. The standard InChI is InChI=1S/C15H17ClO4S/c16-13-3-1-2-12-11(13)4-5-14(12)20-15(17)8-10-6-7-21(18,19)9-10/h1-3,10,14H,4-9H2/t10-,14-/m0/s1. The van der Waals surface area contributed by atoms with Crippen LogP contribution in [0.5, 0.6) is 0 Å². The molecule has 6 heteroatoms. The number of benzene rings is 1. The molecule has 3 rings (SSSR count). The van der Waals surface area contributed by atoms with E-state index in [4.69, 9.17) is 16.3 Å². The van der Waals surface area contributed by atoms with E-state index in [-0.39, 0.29) is 35.9 Å². The molecule has 1 heterocycles. The Hall–Kier alpha value is -1.07. The van der Waals surface area contributed by atoms with Crippen molar-refractivity contribution in [2.75, 3.05) is 11.5 Å². The lowest BCUT2D eigenvalue weighted by Crippen LogP contribution is -2.15. The highest BCUT2D eigenvalue weighted by atomic mass is 35.5. The second-order valence-electron chi connectivity index (χ2n) is 5.80. The minimum atomic E-state index is -2.95. The van der Waals surface area contributed by atoms with Gasteiger partial charge in [-0.15, -0.1) is 0 Å². The van der Waals surface area contributed by atoms with Crippen molar-refractivity contribution in [3.63, 3.8) is 0 Å². The number of hydrogen-bond donors (Lipinski definition) is 0. The SMILES string of the molecule is O=C(C[C@@H]1CCS(=O)(=O)C1)O[C@H]1CCc2c(Cl)cccc21. The molecule has 0 unspecified atom stereocenters. The van der Waals surface area contributed by atoms with E-state index in [1.165, 1.54) is 0 Å². The summed E-state index contributed by atoms with van der Waals surface area (Å²) >= 11 is 6.13. The van der Waals surface area contributed by atoms with Crippen molar-refractivity contribution < 1.29 is 17.9 Å². The Morgan fingerprint density at radius 2 is 2.14 bits per heavy atom. The molecule has 0 bridgehead atoms. The quantitative estimate of drug-likeness (QED) is 0.800. The van der Waals surface area contributed by atoms with Gasteiger partial charge in [0.25, 0.3) is 0 Å². The van der Waals surface area contributed by atoms with Crippen LogP contribution in [0.25, 0.3) is 0 Å². The third-order valence-electron chi connectivity index (χ3n) is 4.21. The van der Waals surface area contributed by atoms with Crippen molar-refractivity contribution in [3.05, 3.63) is 34.3 Å². The first-order chi connectivity index (χ1) is 9.94. The fourth-order valence-electron chi connectivity index (χ4n) is 3.17. The zero-order chi connectivity index (χ0) is 15.0. The molecule has 1 saturated heterocycles. The van der Waals surface area contributed by atoms with Crippen LogP contribution in [-0.4, -0.2) is 25.9 Å². The van der Waals surface area contributed by atoms with Crippen LogP contribution in [0.2, 0.25) is 5.02 Å². The Kier molecular flexibility index (Phi) is 3.97. The largest absolute Gasteiger partial charge is 0.457 e. The first kappa shape index (κ1) is 14.9. The van der Waals surface area contributed by atoms with Crippen LogP contribution in [0.3, 0.4) is 0 Å². The van der Waals surface area contributed by atoms with Crippen molar-refractivity contribution in [3.8, 4) is 0 Å². The summed E-state index contributed by atoms with van der Waals surface area (Å²) in [5.41, 5.74) is 2.04. The number of hydrogen-bond acceptors (Lipinski definition) is 4.